The average molecular weight is 425 g/mol. The van der Waals surface area contributed by atoms with Crippen molar-refractivity contribution in [2.24, 2.45) is 0 Å². The quantitative estimate of drug-likeness (QED) is 0.523. The fourth-order valence-corrected chi connectivity index (χ4v) is 4.20. The zero-order valence-electron chi connectivity index (χ0n) is 10.4. The zero-order valence-corrected chi connectivity index (χ0v) is 15.1. The third-order valence-electron chi connectivity index (χ3n) is 2.64. The Morgan fingerprint density at radius 1 is 1.16 bits per heavy atom. The molecule has 5 heteroatoms. The molecule has 0 N–H and O–H groups in total. The van der Waals surface area contributed by atoms with E-state index in [2.05, 4.69) is 50.9 Å². The van der Waals surface area contributed by atoms with Crippen LogP contribution >= 0.6 is 54.8 Å². The number of aryl methyl sites for hydroxylation is 1. The van der Waals surface area contributed by atoms with Crippen molar-refractivity contribution < 1.29 is 4.74 Å². The molecule has 1 nitrogen and oxygen atoms in total. The molecular weight excluding hydrogens is 411 g/mol. The first kappa shape index (κ1) is 15.4. The van der Waals surface area contributed by atoms with E-state index in [1.165, 1.54) is 9.75 Å². The van der Waals surface area contributed by atoms with Crippen molar-refractivity contribution in [3.8, 4) is 5.75 Å². The molecular formula is C14H13Br2ClOS. The minimum absolute atomic E-state index is 0.488. The van der Waals surface area contributed by atoms with Gasteiger partial charge in [-0.15, -0.1) is 22.9 Å². The van der Waals surface area contributed by atoms with Crippen molar-refractivity contribution in [3.05, 3.63) is 48.5 Å². The second kappa shape index (κ2) is 7.11. The molecule has 0 fully saturated rings. The number of rotatable bonds is 5. The average Bonchev–Trinajstić information content (AvgIpc) is 2.85. The molecule has 0 amide bonds. The van der Waals surface area contributed by atoms with Crippen molar-refractivity contribution in [1.82, 2.24) is 0 Å². The maximum Gasteiger partial charge on any atom is 0.148 e. The van der Waals surface area contributed by atoms with E-state index in [1.807, 2.05) is 12.1 Å². The summed E-state index contributed by atoms with van der Waals surface area (Å²) >= 11 is 14.7. The summed E-state index contributed by atoms with van der Waals surface area (Å²) in [7, 11) is 0. The molecule has 2 aromatic rings. The highest BCUT2D eigenvalue weighted by atomic mass is 79.9. The van der Waals surface area contributed by atoms with Gasteiger partial charge < -0.3 is 4.74 Å². The molecule has 0 spiro atoms. The van der Waals surface area contributed by atoms with Gasteiger partial charge in [0.15, 0.2) is 0 Å². The Kier molecular flexibility index (Phi) is 5.75. The predicted octanol–water partition coefficient (Wildman–Crippen LogP) is 6.15. The van der Waals surface area contributed by atoms with Crippen molar-refractivity contribution in [3.63, 3.8) is 0 Å². The molecule has 0 radical (unpaired) electrons. The summed E-state index contributed by atoms with van der Waals surface area (Å²) < 4.78 is 7.73. The molecule has 0 unspecified atom stereocenters. The third-order valence-corrected chi connectivity index (χ3v) is 5.33. The molecule has 2 rings (SSSR count). The van der Waals surface area contributed by atoms with Gasteiger partial charge in [-0.1, -0.05) is 6.92 Å². The molecule has 0 aliphatic heterocycles. The number of halogens is 3. The van der Waals surface area contributed by atoms with Gasteiger partial charge in [-0.05, 0) is 68.1 Å². The Balaban J connectivity index is 2.11. The van der Waals surface area contributed by atoms with Gasteiger partial charge in [0.2, 0.25) is 0 Å². The van der Waals surface area contributed by atoms with Crippen LogP contribution < -0.4 is 4.74 Å². The van der Waals surface area contributed by atoms with Crippen LogP contribution in [0.1, 0.15) is 22.2 Å². The zero-order chi connectivity index (χ0) is 13.8. The lowest BCUT2D eigenvalue weighted by Gasteiger charge is -2.10. The first-order valence-corrected chi connectivity index (χ1v) is 8.82. The largest absolute Gasteiger partial charge is 0.486 e. The molecule has 0 saturated heterocycles. The third kappa shape index (κ3) is 3.97. The van der Waals surface area contributed by atoms with Gasteiger partial charge in [-0.25, -0.2) is 0 Å². The van der Waals surface area contributed by atoms with Gasteiger partial charge in [0.05, 0.1) is 8.95 Å². The maximum absolute atomic E-state index is 5.88. The van der Waals surface area contributed by atoms with Gasteiger partial charge in [0, 0.05) is 15.6 Å². The lowest BCUT2D eigenvalue weighted by Crippen LogP contribution is -1.95. The molecule has 0 aliphatic rings. The molecule has 19 heavy (non-hydrogen) atoms. The van der Waals surface area contributed by atoms with Crippen LogP contribution in [-0.4, -0.2) is 0 Å². The Morgan fingerprint density at radius 2 is 1.79 bits per heavy atom. The van der Waals surface area contributed by atoms with Gasteiger partial charge in [0.1, 0.15) is 12.4 Å². The fourth-order valence-electron chi connectivity index (χ4n) is 1.66. The van der Waals surface area contributed by atoms with Crippen LogP contribution in [0.4, 0.5) is 0 Å². The Morgan fingerprint density at radius 3 is 2.32 bits per heavy atom. The number of ether oxygens (including phenoxy) is 1. The minimum atomic E-state index is 0.488. The molecule has 0 saturated carbocycles. The second-order valence-corrected chi connectivity index (χ2v) is 7.26. The van der Waals surface area contributed by atoms with E-state index in [-0.39, 0.29) is 0 Å². The van der Waals surface area contributed by atoms with Crippen LogP contribution in [0.2, 0.25) is 0 Å². The lowest BCUT2D eigenvalue weighted by molar-refractivity contribution is 0.305. The summed E-state index contributed by atoms with van der Waals surface area (Å²) in [5, 5.41) is 0. The minimum Gasteiger partial charge on any atom is -0.486 e. The summed E-state index contributed by atoms with van der Waals surface area (Å²) in [6.07, 6.45) is 1.07. The van der Waals surface area contributed by atoms with E-state index in [0.29, 0.717) is 12.5 Å². The molecule has 0 aliphatic carbocycles. The molecule has 1 aromatic carbocycles. The Bertz CT molecular complexity index is 545. The van der Waals surface area contributed by atoms with E-state index < -0.39 is 0 Å². The Hall–Kier alpha value is -0.0300. The molecule has 102 valence electrons. The second-order valence-electron chi connectivity index (χ2n) is 4.03. The van der Waals surface area contributed by atoms with Crippen LogP contribution in [0.15, 0.2) is 33.2 Å². The monoisotopic (exact) mass is 422 g/mol. The number of hydrogen-bond acceptors (Lipinski definition) is 2. The molecule has 0 bridgehead atoms. The topological polar surface area (TPSA) is 9.23 Å². The van der Waals surface area contributed by atoms with Gasteiger partial charge in [-0.3, -0.25) is 0 Å². The fraction of sp³-hybridized carbons (Fsp3) is 0.286. The summed E-state index contributed by atoms with van der Waals surface area (Å²) in [5.74, 6) is 1.31. The highest BCUT2D eigenvalue weighted by Gasteiger charge is 2.09. The number of benzene rings is 1. The van der Waals surface area contributed by atoms with Crippen molar-refractivity contribution >= 4 is 54.8 Å². The van der Waals surface area contributed by atoms with Crippen LogP contribution in [-0.2, 0) is 18.9 Å². The normalized spacial score (nSPS) is 10.7. The Labute approximate surface area is 139 Å². The first-order valence-electron chi connectivity index (χ1n) is 5.88. The molecule has 1 aromatic heterocycles. The van der Waals surface area contributed by atoms with Crippen molar-refractivity contribution in [2.75, 3.05) is 0 Å². The highest BCUT2D eigenvalue weighted by molar-refractivity contribution is 9.11. The van der Waals surface area contributed by atoms with E-state index in [9.17, 15) is 0 Å². The van der Waals surface area contributed by atoms with E-state index in [1.54, 1.807) is 11.3 Å². The number of hydrogen-bond donors (Lipinski definition) is 0. The van der Waals surface area contributed by atoms with Gasteiger partial charge in [0.25, 0.3) is 0 Å². The van der Waals surface area contributed by atoms with E-state index in [4.69, 9.17) is 16.3 Å². The summed E-state index contributed by atoms with van der Waals surface area (Å²) in [4.78, 5) is 2.62. The van der Waals surface area contributed by atoms with Crippen LogP contribution in [0.3, 0.4) is 0 Å². The summed E-state index contributed by atoms with van der Waals surface area (Å²) in [5.41, 5.74) is 1.05. The van der Waals surface area contributed by atoms with Crippen LogP contribution in [0.25, 0.3) is 0 Å². The smallest absolute Gasteiger partial charge is 0.148 e. The maximum atomic E-state index is 5.88. The van der Waals surface area contributed by atoms with Crippen molar-refractivity contribution in [2.45, 2.75) is 25.8 Å². The highest BCUT2D eigenvalue weighted by Crippen LogP contribution is 2.36. The number of alkyl halides is 1. The van der Waals surface area contributed by atoms with Crippen molar-refractivity contribution in [1.29, 1.82) is 0 Å². The summed E-state index contributed by atoms with van der Waals surface area (Å²) in [6, 6.07) is 8.25. The van der Waals surface area contributed by atoms with Crippen LogP contribution in [0, 0.1) is 0 Å². The van der Waals surface area contributed by atoms with Gasteiger partial charge >= 0.3 is 0 Å². The molecule has 0 atom stereocenters. The van der Waals surface area contributed by atoms with E-state index >= 15 is 0 Å². The standard InChI is InChI=1S/C14H13Br2ClOS/c1-2-10-3-4-11(19-10)8-18-14-12(15)5-9(7-17)6-13(14)16/h3-6H,2,7-8H2,1H3. The predicted molar refractivity (Wildman–Crippen MR) is 89.4 cm³/mol. The lowest BCUT2D eigenvalue weighted by atomic mass is 10.2. The SMILES string of the molecule is CCc1ccc(COc2c(Br)cc(CCl)cc2Br)s1. The molecule has 1 heterocycles. The summed E-state index contributed by atoms with van der Waals surface area (Å²) in [6.45, 7) is 2.75. The number of thiophene rings is 1. The van der Waals surface area contributed by atoms with E-state index in [0.717, 1.165) is 26.7 Å². The first-order chi connectivity index (χ1) is 9.13. The van der Waals surface area contributed by atoms with Crippen LogP contribution in [0.5, 0.6) is 5.75 Å². The van der Waals surface area contributed by atoms with Gasteiger partial charge in [-0.2, -0.15) is 0 Å².